The van der Waals surface area contributed by atoms with Crippen molar-refractivity contribution in [3.8, 4) is 11.5 Å². The highest BCUT2D eigenvalue weighted by Gasteiger charge is 2.27. The van der Waals surface area contributed by atoms with Crippen LogP contribution in [0.25, 0.3) is 0 Å². The zero-order chi connectivity index (χ0) is 22.9. The molecule has 1 fully saturated rings. The van der Waals surface area contributed by atoms with E-state index in [1.54, 1.807) is 19.2 Å². The summed E-state index contributed by atoms with van der Waals surface area (Å²) in [6, 6.07) is 13.4. The first-order valence-electron chi connectivity index (χ1n) is 10.7. The summed E-state index contributed by atoms with van der Waals surface area (Å²) in [6.45, 7) is 1.03. The van der Waals surface area contributed by atoms with Gasteiger partial charge in [-0.05, 0) is 43.0 Å². The lowest BCUT2D eigenvalue weighted by atomic mass is 9.89. The van der Waals surface area contributed by atoms with Crippen molar-refractivity contribution in [2.45, 2.75) is 39.0 Å². The summed E-state index contributed by atoms with van der Waals surface area (Å²) in [4.78, 5) is 4.28. The molecule has 1 aliphatic heterocycles. The Morgan fingerprint density at radius 3 is 2.58 bits per heavy atom. The van der Waals surface area contributed by atoms with Gasteiger partial charge in [-0.3, -0.25) is 4.99 Å². The maximum atomic E-state index is 12.7. The van der Waals surface area contributed by atoms with Crippen molar-refractivity contribution in [2.75, 3.05) is 27.3 Å². The number of guanidine groups is 1. The van der Waals surface area contributed by atoms with Gasteiger partial charge in [0.1, 0.15) is 0 Å². The van der Waals surface area contributed by atoms with Crippen molar-refractivity contribution in [3.05, 3.63) is 59.2 Å². The zero-order valence-electron chi connectivity index (χ0n) is 19.1. The monoisotopic (exact) mass is 575 g/mol. The molecule has 0 aliphatic carbocycles. The van der Waals surface area contributed by atoms with E-state index in [1.165, 1.54) is 24.3 Å². The van der Waals surface area contributed by atoms with E-state index in [1.807, 2.05) is 0 Å². The number of nitrogens with zero attached hydrogens (tertiary/aromatic N) is 1. The number of nitrogens with one attached hydrogen (secondary N) is 2. The molecule has 2 N–H and O–H groups in total. The molecule has 2 unspecified atom stereocenters. The van der Waals surface area contributed by atoms with Crippen LogP contribution in [0, 0.1) is 12.8 Å². The largest absolute Gasteiger partial charge is 0.493 e. The van der Waals surface area contributed by atoms with Gasteiger partial charge in [0.05, 0.1) is 13.2 Å². The van der Waals surface area contributed by atoms with Crippen LogP contribution in [0.5, 0.6) is 11.5 Å². The molecular formula is C24H32F2IN3O3. The molecule has 1 aliphatic rings. The van der Waals surface area contributed by atoms with E-state index < -0.39 is 6.61 Å². The Morgan fingerprint density at radius 1 is 1.15 bits per heavy atom. The molecule has 0 saturated carbocycles. The average molecular weight is 575 g/mol. The number of halogens is 3. The quantitative estimate of drug-likeness (QED) is 0.262. The van der Waals surface area contributed by atoms with E-state index >= 15 is 0 Å². The minimum Gasteiger partial charge on any atom is -0.493 e. The number of rotatable bonds is 8. The summed E-state index contributed by atoms with van der Waals surface area (Å²) in [5.41, 5.74) is 3.18. The van der Waals surface area contributed by atoms with Crippen LogP contribution in [0.1, 0.15) is 35.6 Å². The fourth-order valence-electron chi connectivity index (χ4n) is 3.83. The van der Waals surface area contributed by atoms with Crippen LogP contribution >= 0.6 is 24.0 Å². The second-order valence-corrected chi connectivity index (χ2v) is 7.77. The summed E-state index contributed by atoms with van der Waals surface area (Å²) < 4.78 is 41.0. The SMILES string of the molecule is CN=C(NCc1ccc(OC)c(OC(F)F)c1)NCC1CCCOC1c1ccc(C)cc1.I. The Hall–Kier alpha value is -2.14. The van der Waals surface area contributed by atoms with Crippen LogP contribution in [0.15, 0.2) is 47.5 Å². The maximum Gasteiger partial charge on any atom is 0.387 e. The van der Waals surface area contributed by atoms with E-state index in [2.05, 4.69) is 51.6 Å². The zero-order valence-corrected chi connectivity index (χ0v) is 21.5. The third-order valence-corrected chi connectivity index (χ3v) is 5.51. The highest BCUT2D eigenvalue weighted by molar-refractivity contribution is 14.0. The Balaban J connectivity index is 0.00000385. The van der Waals surface area contributed by atoms with Gasteiger partial charge in [-0.15, -0.1) is 24.0 Å². The first-order valence-corrected chi connectivity index (χ1v) is 10.7. The molecule has 0 aromatic heterocycles. The third kappa shape index (κ3) is 7.99. The van der Waals surface area contributed by atoms with E-state index in [9.17, 15) is 8.78 Å². The summed E-state index contributed by atoms with van der Waals surface area (Å²) in [5, 5.41) is 6.59. The van der Waals surface area contributed by atoms with Crippen LogP contribution in [0.4, 0.5) is 8.78 Å². The Bertz CT molecular complexity index is 897. The average Bonchev–Trinajstić information content (AvgIpc) is 2.80. The standard InChI is InChI=1S/C24H31F2N3O3.HI/c1-16-6-9-18(10-7-16)22-19(5-4-12-31-22)15-29-24(27-2)28-14-17-8-11-20(30-3)21(13-17)32-23(25)26;/h6-11,13,19,22-23H,4-5,12,14-15H2,1-3H3,(H2,27,28,29);1H. The number of hydrogen-bond acceptors (Lipinski definition) is 4. The van der Waals surface area contributed by atoms with Gasteiger partial charge in [0.25, 0.3) is 0 Å². The number of hydrogen-bond donors (Lipinski definition) is 2. The Kier molecular flexibility index (Phi) is 11.1. The van der Waals surface area contributed by atoms with E-state index in [4.69, 9.17) is 9.47 Å². The van der Waals surface area contributed by atoms with Gasteiger partial charge < -0.3 is 24.8 Å². The first-order chi connectivity index (χ1) is 15.5. The van der Waals surface area contributed by atoms with Crippen molar-refractivity contribution in [1.29, 1.82) is 0 Å². The van der Waals surface area contributed by atoms with Crippen molar-refractivity contribution < 1.29 is 23.0 Å². The van der Waals surface area contributed by atoms with Crippen molar-refractivity contribution in [2.24, 2.45) is 10.9 Å². The van der Waals surface area contributed by atoms with Gasteiger partial charge >= 0.3 is 6.61 Å². The summed E-state index contributed by atoms with van der Waals surface area (Å²) in [7, 11) is 3.11. The van der Waals surface area contributed by atoms with Gasteiger partial charge in [0, 0.05) is 32.7 Å². The number of aryl methyl sites for hydroxylation is 1. The van der Waals surface area contributed by atoms with E-state index in [0.717, 1.165) is 25.0 Å². The van der Waals surface area contributed by atoms with E-state index in [-0.39, 0.29) is 41.6 Å². The van der Waals surface area contributed by atoms with Crippen LogP contribution in [0.2, 0.25) is 0 Å². The molecule has 182 valence electrons. The first kappa shape index (κ1) is 27.1. The van der Waals surface area contributed by atoms with E-state index in [0.29, 0.717) is 25.0 Å². The number of alkyl halides is 2. The molecule has 33 heavy (non-hydrogen) atoms. The van der Waals surface area contributed by atoms with Crippen LogP contribution in [-0.2, 0) is 11.3 Å². The van der Waals surface area contributed by atoms with Crippen LogP contribution < -0.4 is 20.1 Å². The maximum absolute atomic E-state index is 12.7. The topological polar surface area (TPSA) is 64.1 Å². The molecule has 0 radical (unpaired) electrons. The molecule has 6 nitrogen and oxygen atoms in total. The second kappa shape index (κ2) is 13.5. The van der Waals surface area contributed by atoms with Gasteiger partial charge in [-0.1, -0.05) is 35.9 Å². The number of ether oxygens (including phenoxy) is 3. The Morgan fingerprint density at radius 2 is 1.91 bits per heavy atom. The van der Waals surface area contributed by atoms with Crippen molar-refractivity contribution >= 4 is 29.9 Å². The lowest BCUT2D eigenvalue weighted by molar-refractivity contribution is -0.0512. The fourth-order valence-corrected chi connectivity index (χ4v) is 3.83. The predicted molar refractivity (Wildman–Crippen MR) is 136 cm³/mol. The number of methoxy groups -OCH3 is 1. The summed E-state index contributed by atoms with van der Waals surface area (Å²) in [5.74, 6) is 1.21. The van der Waals surface area contributed by atoms with Crippen molar-refractivity contribution in [1.82, 2.24) is 10.6 Å². The lowest BCUT2D eigenvalue weighted by Crippen LogP contribution is -2.41. The Labute approximate surface area is 211 Å². The van der Waals surface area contributed by atoms with Gasteiger partial charge in [-0.2, -0.15) is 8.78 Å². The molecule has 2 aromatic rings. The van der Waals surface area contributed by atoms with Crippen LogP contribution in [0.3, 0.4) is 0 Å². The van der Waals surface area contributed by atoms with Crippen molar-refractivity contribution in [3.63, 3.8) is 0 Å². The highest BCUT2D eigenvalue weighted by atomic mass is 127. The highest BCUT2D eigenvalue weighted by Crippen LogP contribution is 2.33. The predicted octanol–water partition coefficient (Wildman–Crippen LogP) is 5.06. The molecule has 3 rings (SSSR count). The molecule has 2 aromatic carbocycles. The summed E-state index contributed by atoms with van der Waals surface area (Å²) >= 11 is 0. The molecule has 0 bridgehead atoms. The van der Waals surface area contributed by atoms with Gasteiger partial charge in [0.2, 0.25) is 0 Å². The molecule has 9 heteroatoms. The number of benzene rings is 2. The molecule has 1 heterocycles. The van der Waals surface area contributed by atoms with Crippen LogP contribution in [-0.4, -0.2) is 39.9 Å². The molecule has 2 atom stereocenters. The minimum absolute atomic E-state index is 0. The number of aliphatic imine (C=N–C) groups is 1. The molecule has 0 spiro atoms. The molecule has 1 saturated heterocycles. The summed E-state index contributed by atoms with van der Waals surface area (Å²) in [6.07, 6.45) is 2.14. The molecule has 0 amide bonds. The van der Waals surface area contributed by atoms with Gasteiger partial charge in [0.15, 0.2) is 17.5 Å². The third-order valence-electron chi connectivity index (χ3n) is 5.51. The normalized spacial score (nSPS) is 18.4. The molecular weight excluding hydrogens is 543 g/mol. The smallest absolute Gasteiger partial charge is 0.387 e. The lowest BCUT2D eigenvalue weighted by Gasteiger charge is -2.32. The van der Waals surface area contributed by atoms with Gasteiger partial charge in [-0.25, -0.2) is 0 Å². The fraction of sp³-hybridized carbons (Fsp3) is 0.458. The second-order valence-electron chi connectivity index (χ2n) is 7.77. The minimum atomic E-state index is -2.92.